The fourth-order valence-corrected chi connectivity index (χ4v) is 1.17. The zero-order chi connectivity index (χ0) is 9.42. The minimum atomic E-state index is 0.318. The van der Waals surface area contributed by atoms with E-state index in [-0.39, 0.29) is 0 Å². The molecular formula is C8H10N4O. The van der Waals surface area contributed by atoms with Crippen LogP contribution in [0.5, 0.6) is 0 Å². The van der Waals surface area contributed by atoms with E-state index in [0.717, 1.165) is 17.0 Å². The number of nitrogen functional groups attached to an aromatic ring is 1. The van der Waals surface area contributed by atoms with Crippen LogP contribution in [0.2, 0.25) is 0 Å². The Bertz CT molecular complexity index is 429. The molecule has 0 aliphatic heterocycles. The van der Waals surface area contributed by atoms with Crippen LogP contribution in [0.3, 0.4) is 0 Å². The topological polar surface area (TPSA) is 69.9 Å². The fraction of sp³-hybridized carbons (Fsp3) is 0.250. The zero-order valence-electron chi connectivity index (χ0n) is 7.48. The molecule has 2 aromatic heterocycles. The second kappa shape index (κ2) is 2.62. The lowest BCUT2D eigenvalue weighted by molar-refractivity contribution is 0.439. The number of hydrogen-bond acceptors (Lipinski definition) is 4. The van der Waals surface area contributed by atoms with Crippen molar-refractivity contribution in [2.45, 2.75) is 6.92 Å². The van der Waals surface area contributed by atoms with Crippen molar-refractivity contribution >= 4 is 5.88 Å². The molecule has 0 saturated carbocycles. The lowest BCUT2D eigenvalue weighted by atomic mass is 10.2. The van der Waals surface area contributed by atoms with Gasteiger partial charge in [0.15, 0.2) is 0 Å². The van der Waals surface area contributed by atoms with Gasteiger partial charge in [-0.05, 0) is 6.92 Å². The molecule has 0 spiro atoms. The summed E-state index contributed by atoms with van der Waals surface area (Å²) in [4.78, 5) is 0. The van der Waals surface area contributed by atoms with Crippen molar-refractivity contribution in [2.24, 2.45) is 7.05 Å². The molecule has 0 radical (unpaired) electrons. The number of hydrogen-bond donors (Lipinski definition) is 1. The molecule has 0 aliphatic rings. The Morgan fingerprint density at radius 1 is 1.54 bits per heavy atom. The van der Waals surface area contributed by atoms with Gasteiger partial charge in [-0.1, -0.05) is 5.16 Å². The van der Waals surface area contributed by atoms with E-state index in [2.05, 4.69) is 10.3 Å². The van der Waals surface area contributed by atoms with Crippen molar-refractivity contribution in [3.63, 3.8) is 0 Å². The molecule has 2 aromatic rings. The Morgan fingerprint density at radius 3 is 2.77 bits per heavy atom. The maximum absolute atomic E-state index is 5.42. The molecule has 0 aromatic carbocycles. The smallest absolute Gasteiger partial charge is 0.222 e. The Morgan fingerprint density at radius 2 is 2.31 bits per heavy atom. The second-order valence-corrected chi connectivity index (χ2v) is 2.88. The molecule has 0 atom stereocenters. The molecule has 0 aliphatic carbocycles. The summed E-state index contributed by atoms with van der Waals surface area (Å²) < 4.78 is 6.55. The van der Waals surface area contributed by atoms with E-state index in [1.54, 1.807) is 16.9 Å². The van der Waals surface area contributed by atoms with Crippen molar-refractivity contribution in [1.82, 2.24) is 14.9 Å². The Labute approximate surface area is 75.1 Å². The molecule has 2 heterocycles. The minimum Gasteiger partial charge on any atom is -0.368 e. The van der Waals surface area contributed by atoms with E-state index in [9.17, 15) is 0 Å². The van der Waals surface area contributed by atoms with Gasteiger partial charge in [-0.25, -0.2) is 0 Å². The summed E-state index contributed by atoms with van der Waals surface area (Å²) in [6.45, 7) is 1.97. The van der Waals surface area contributed by atoms with Gasteiger partial charge in [0.25, 0.3) is 0 Å². The van der Waals surface area contributed by atoms with E-state index in [1.165, 1.54) is 0 Å². The van der Waals surface area contributed by atoms with Crippen LogP contribution in [-0.2, 0) is 7.05 Å². The number of nitrogens with two attached hydrogens (primary N) is 1. The number of aryl methyl sites for hydroxylation is 1. The number of nitrogens with zero attached hydrogens (tertiary/aromatic N) is 3. The quantitative estimate of drug-likeness (QED) is 0.706. The summed E-state index contributed by atoms with van der Waals surface area (Å²) in [5.74, 6) is 0.318. The monoisotopic (exact) mass is 178 g/mol. The lowest BCUT2D eigenvalue weighted by Crippen LogP contribution is -1.92. The van der Waals surface area contributed by atoms with Crippen molar-refractivity contribution in [2.75, 3.05) is 5.73 Å². The van der Waals surface area contributed by atoms with Crippen LogP contribution in [0.15, 0.2) is 16.8 Å². The van der Waals surface area contributed by atoms with Gasteiger partial charge >= 0.3 is 0 Å². The van der Waals surface area contributed by atoms with Crippen LogP contribution >= 0.6 is 0 Å². The van der Waals surface area contributed by atoms with Crippen molar-refractivity contribution in [1.29, 1.82) is 0 Å². The predicted molar refractivity (Wildman–Crippen MR) is 47.9 cm³/mol. The van der Waals surface area contributed by atoms with Crippen molar-refractivity contribution < 1.29 is 4.52 Å². The fourth-order valence-electron chi connectivity index (χ4n) is 1.17. The molecule has 0 bridgehead atoms. The van der Waals surface area contributed by atoms with E-state index >= 15 is 0 Å². The first-order valence-electron chi connectivity index (χ1n) is 3.89. The van der Waals surface area contributed by atoms with Crippen LogP contribution in [0.1, 0.15) is 5.69 Å². The lowest BCUT2D eigenvalue weighted by Gasteiger charge is -1.94. The van der Waals surface area contributed by atoms with E-state index < -0.39 is 0 Å². The normalized spacial score (nSPS) is 10.6. The molecule has 0 fully saturated rings. The van der Waals surface area contributed by atoms with Gasteiger partial charge in [0.1, 0.15) is 5.69 Å². The number of rotatable bonds is 1. The van der Waals surface area contributed by atoms with Gasteiger partial charge in [0, 0.05) is 24.4 Å². The Hall–Kier alpha value is -1.78. The van der Waals surface area contributed by atoms with E-state index in [0.29, 0.717) is 5.88 Å². The highest BCUT2D eigenvalue weighted by molar-refractivity contribution is 5.62. The summed E-state index contributed by atoms with van der Waals surface area (Å²) >= 11 is 0. The highest BCUT2D eigenvalue weighted by Gasteiger charge is 2.10. The Kier molecular flexibility index (Phi) is 1.58. The average Bonchev–Trinajstić information content (AvgIpc) is 2.62. The average molecular weight is 178 g/mol. The molecular weight excluding hydrogens is 168 g/mol. The SMILES string of the molecule is Cc1c(-c2cc(N)on2)cnn1C. The van der Waals surface area contributed by atoms with Gasteiger partial charge < -0.3 is 10.3 Å². The molecule has 0 saturated heterocycles. The maximum Gasteiger partial charge on any atom is 0.222 e. The second-order valence-electron chi connectivity index (χ2n) is 2.88. The summed E-state index contributed by atoms with van der Waals surface area (Å²) in [6.07, 6.45) is 1.74. The molecule has 2 rings (SSSR count). The third-order valence-electron chi connectivity index (χ3n) is 2.04. The molecule has 5 nitrogen and oxygen atoms in total. The van der Waals surface area contributed by atoms with E-state index in [1.807, 2.05) is 14.0 Å². The largest absolute Gasteiger partial charge is 0.368 e. The van der Waals surface area contributed by atoms with Gasteiger partial charge in [-0.15, -0.1) is 0 Å². The van der Waals surface area contributed by atoms with Crippen LogP contribution < -0.4 is 5.73 Å². The first-order valence-corrected chi connectivity index (χ1v) is 3.89. The summed E-state index contributed by atoms with van der Waals surface area (Å²) in [5, 5.41) is 7.90. The van der Waals surface area contributed by atoms with Crippen LogP contribution in [0.25, 0.3) is 11.3 Å². The first-order chi connectivity index (χ1) is 6.18. The number of aromatic nitrogens is 3. The molecule has 0 amide bonds. The predicted octanol–water partition coefficient (Wildman–Crippen LogP) is 0.966. The van der Waals surface area contributed by atoms with Crippen LogP contribution in [0, 0.1) is 6.92 Å². The third kappa shape index (κ3) is 1.18. The van der Waals surface area contributed by atoms with Gasteiger partial charge in [0.2, 0.25) is 5.88 Å². The summed E-state index contributed by atoms with van der Waals surface area (Å²) in [6, 6.07) is 1.68. The van der Waals surface area contributed by atoms with E-state index in [4.69, 9.17) is 10.3 Å². The first kappa shape index (κ1) is 7.85. The van der Waals surface area contributed by atoms with Crippen LogP contribution in [-0.4, -0.2) is 14.9 Å². The van der Waals surface area contributed by atoms with Crippen molar-refractivity contribution in [3.8, 4) is 11.3 Å². The molecule has 0 unspecified atom stereocenters. The molecule has 13 heavy (non-hydrogen) atoms. The van der Waals surface area contributed by atoms with Gasteiger partial charge in [-0.2, -0.15) is 5.10 Å². The number of anilines is 1. The highest BCUT2D eigenvalue weighted by Crippen LogP contribution is 2.22. The minimum absolute atomic E-state index is 0.318. The Balaban J connectivity index is 2.52. The molecule has 5 heteroatoms. The molecule has 68 valence electrons. The summed E-state index contributed by atoms with van der Waals surface area (Å²) in [7, 11) is 1.88. The summed E-state index contributed by atoms with van der Waals surface area (Å²) in [5.41, 5.74) is 8.12. The van der Waals surface area contributed by atoms with Gasteiger partial charge in [0.05, 0.1) is 6.20 Å². The van der Waals surface area contributed by atoms with Crippen molar-refractivity contribution in [3.05, 3.63) is 18.0 Å². The molecule has 2 N–H and O–H groups in total. The standard InChI is InChI=1S/C8H10N4O/c1-5-6(4-10-12(5)2)7-3-8(9)13-11-7/h3-4H,9H2,1-2H3. The maximum atomic E-state index is 5.42. The highest BCUT2D eigenvalue weighted by atomic mass is 16.5. The third-order valence-corrected chi connectivity index (χ3v) is 2.04. The zero-order valence-corrected chi connectivity index (χ0v) is 7.48. The van der Waals surface area contributed by atoms with Gasteiger partial charge in [-0.3, -0.25) is 4.68 Å². The van der Waals surface area contributed by atoms with Crippen LogP contribution in [0.4, 0.5) is 5.88 Å².